The van der Waals surface area contributed by atoms with Crippen LogP contribution in [0, 0.1) is 0 Å². The number of carbonyl (C=O) groups is 1. The third-order valence-corrected chi connectivity index (χ3v) is 5.24. The van der Waals surface area contributed by atoms with E-state index in [1.165, 1.54) is 12.8 Å². The lowest BCUT2D eigenvalue weighted by Gasteiger charge is -2.16. The van der Waals surface area contributed by atoms with Crippen molar-refractivity contribution in [2.24, 2.45) is 0 Å². The molecule has 6 heteroatoms. The van der Waals surface area contributed by atoms with Crippen molar-refractivity contribution in [2.45, 2.75) is 12.8 Å². The zero-order chi connectivity index (χ0) is 20.1. The molecule has 0 aliphatic carbocycles. The van der Waals surface area contributed by atoms with Gasteiger partial charge in [-0.05, 0) is 50.2 Å². The maximum Gasteiger partial charge on any atom is 0.252 e. The second-order valence-corrected chi connectivity index (χ2v) is 7.20. The van der Waals surface area contributed by atoms with Crippen LogP contribution in [0.2, 0.25) is 0 Å². The number of hydrogen-bond acceptors (Lipinski definition) is 5. The number of benzene rings is 2. The average Bonchev–Trinajstić information content (AvgIpc) is 3.27. The van der Waals surface area contributed by atoms with Crippen LogP contribution < -0.4 is 15.4 Å². The summed E-state index contributed by atoms with van der Waals surface area (Å²) in [6.07, 6.45) is 2.50. The van der Waals surface area contributed by atoms with Crippen LogP contribution in [-0.2, 0) is 0 Å². The summed E-state index contributed by atoms with van der Waals surface area (Å²) in [5.41, 5.74) is 2.20. The van der Waals surface area contributed by atoms with Gasteiger partial charge in [-0.3, -0.25) is 4.79 Å². The Morgan fingerprint density at radius 2 is 1.86 bits per heavy atom. The minimum absolute atomic E-state index is 0.0779. The number of likely N-dealkylation sites (tertiary alicyclic amines) is 1. The van der Waals surface area contributed by atoms with Gasteiger partial charge in [-0.2, -0.15) is 0 Å². The van der Waals surface area contributed by atoms with E-state index in [2.05, 4.69) is 20.5 Å². The maximum atomic E-state index is 13.0. The van der Waals surface area contributed by atoms with E-state index in [0.717, 1.165) is 42.0 Å². The SMILES string of the molecule is COc1ccccc1Nc1cc(C(=O)NCCN2CCCC2)c2ccccc2n1. The largest absolute Gasteiger partial charge is 0.495 e. The third kappa shape index (κ3) is 4.49. The molecule has 0 radical (unpaired) electrons. The molecule has 1 fully saturated rings. The summed E-state index contributed by atoms with van der Waals surface area (Å²) in [6, 6.07) is 17.2. The van der Waals surface area contributed by atoms with E-state index in [4.69, 9.17) is 4.74 Å². The van der Waals surface area contributed by atoms with Crippen molar-refractivity contribution in [1.82, 2.24) is 15.2 Å². The number of fused-ring (bicyclic) bond motifs is 1. The molecule has 2 N–H and O–H groups in total. The number of aromatic nitrogens is 1. The molecule has 0 atom stereocenters. The van der Waals surface area contributed by atoms with Crippen molar-refractivity contribution in [3.63, 3.8) is 0 Å². The first-order valence-electron chi connectivity index (χ1n) is 10.0. The molecule has 4 rings (SSSR count). The van der Waals surface area contributed by atoms with Crippen molar-refractivity contribution in [3.8, 4) is 5.75 Å². The minimum atomic E-state index is -0.0779. The van der Waals surface area contributed by atoms with Crippen LogP contribution in [0.3, 0.4) is 0 Å². The number of para-hydroxylation sites is 3. The molecule has 0 unspecified atom stereocenters. The Hall–Kier alpha value is -3.12. The zero-order valence-electron chi connectivity index (χ0n) is 16.6. The Kier molecular flexibility index (Phi) is 5.91. The molecule has 2 heterocycles. The molecule has 3 aromatic rings. The first-order valence-corrected chi connectivity index (χ1v) is 10.0. The van der Waals surface area contributed by atoms with Crippen LogP contribution in [0.15, 0.2) is 54.6 Å². The van der Waals surface area contributed by atoms with Crippen LogP contribution in [0.4, 0.5) is 11.5 Å². The highest BCUT2D eigenvalue weighted by Crippen LogP contribution is 2.28. The van der Waals surface area contributed by atoms with Gasteiger partial charge in [-0.1, -0.05) is 30.3 Å². The summed E-state index contributed by atoms with van der Waals surface area (Å²) in [6.45, 7) is 3.79. The Bertz CT molecular complexity index is 999. The number of nitrogens with zero attached hydrogens (tertiary/aromatic N) is 2. The highest BCUT2D eigenvalue weighted by atomic mass is 16.5. The second kappa shape index (κ2) is 8.92. The summed E-state index contributed by atoms with van der Waals surface area (Å²) >= 11 is 0. The summed E-state index contributed by atoms with van der Waals surface area (Å²) in [7, 11) is 1.63. The molecule has 0 bridgehead atoms. The van der Waals surface area contributed by atoms with E-state index in [0.29, 0.717) is 17.9 Å². The number of ether oxygens (including phenoxy) is 1. The van der Waals surface area contributed by atoms with Crippen molar-refractivity contribution in [1.29, 1.82) is 0 Å². The normalized spacial score (nSPS) is 14.1. The lowest BCUT2D eigenvalue weighted by Crippen LogP contribution is -2.33. The van der Waals surface area contributed by atoms with Gasteiger partial charge in [-0.15, -0.1) is 0 Å². The Balaban J connectivity index is 1.57. The van der Waals surface area contributed by atoms with Crippen LogP contribution in [0.5, 0.6) is 5.75 Å². The van der Waals surface area contributed by atoms with E-state index in [1.807, 2.05) is 48.5 Å². The standard InChI is InChI=1S/C23H26N4O2/c1-29-21-11-5-4-10-20(21)26-22-16-18(17-8-2-3-9-19(17)25-22)23(28)24-12-15-27-13-6-7-14-27/h2-5,8-11,16H,6-7,12-15H2,1H3,(H,24,28)(H,25,26). The lowest BCUT2D eigenvalue weighted by molar-refractivity contribution is 0.0951. The van der Waals surface area contributed by atoms with Crippen molar-refractivity contribution < 1.29 is 9.53 Å². The highest BCUT2D eigenvalue weighted by molar-refractivity contribution is 6.07. The van der Waals surface area contributed by atoms with Gasteiger partial charge in [0.2, 0.25) is 0 Å². The van der Waals surface area contributed by atoms with E-state index in [-0.39, 0.29) is 5.91 Å². The molecule has 6 nitrogen and oxygen atoms in total. The lowest BCUT2D eigenvalue weighted by atomic mass is 10.1. The first-order chi connectivity index (χ1) is 14.2. The zero-order valence-corrected chi connectivity index (χ0v) is 16.6. The molecule has 0 saturated carbocycles. The van der Waals surface area contributed by atoms with Crippen LogP contribution in [-0.4, -0.2) is 49.1 Å². The number of nitrogens with one attached hydrogen (secondary N) is 2. The molecule has 1 aliphatic rings. The minimum Gasteiger partial charge on any atom is -0.495 e. The maximum absolute atomic E-state index is 13.0. The number of hydrogen-bond donors (Lipinski definition) is 2. The fraction of sp³-hybridized carbons (Fsp3) is 0.304. The number of anilines is 2. The molecule has 1 amide bonds. The van der Waals surface area contributed by atoms with Gasteiger partial charge >= 0.3 is 0 Å². The van der Waals surface area contributed by atoms with E-state index in [1.54, 1.807) is 13.2 Å². The van der Waals surface area contributed by atoms with Gasteiger partial charge in [0, 0.05) is 18.5 Å². The quantitative estimate of drug-likeness (QED) is 0.642. The average molecular weight is 390 g/mol. The second-order valence-electron chi connectivity index (χ2n) is 7.20. The van der Waals surface area contributed by atoms with E-state index < -0.39 is 0 Å². The summed E-state index contributed by atoms with van der Waals surface area (Å²) < 4.78 is 5.41. The number of methoxy groups -OCH3 is 1. The number of rotatable bonds is 7. The molecule has 1 saturated heterocycles. The topological polar surface area (TPSA) is 66.5 Å². The molecule has 2 aromatic carbocycles. The predicted molar refractivity (Wildman–Crippen MR) is 116 cm³/mol. The highest BCUT2D eigenvalue weighted by Gasteiger charge is 2.15. The first kappa shape index (κ1) is 19.2. The fourth-order valence-corrected chi connectivity index (χ4v) is 3.74. The Morgan fingerprint density at radius 1 is 1.10 bits per heavy atom. The van der Waals surface area contributed by atoms with Gasteiger partial charge in [-0.25, -0.2) is 4.98 Å². The molecule has 1 aliphatic heterocycles. The van der Waals surface area contributed by atoms with Gasteiger partial charge in [0.25, 0.3) is 5.91 Å². The summed E-state index contributed by atoms with van der Waals surface area (Å²) in [5, 5.41) is 7.20. The van der Waals surface area contributed by atoms with Gasteiger partial charge in [0.05, 0.1) is 23.9 Å². The summed E-state index contributed by atoms with van der Waals surface area (Å²) in [4.78, 5) is 20.0. The summed E-state index contributed by atoms with van der Waals surface area (Å²) in [5.74, 6) is 1.25. The van der Waals surface area contributed by atoms with E-state index in [9.17, 15) is 4.79 Å². The number of pyridine rings is 1. The Morgan fingerprint density at radius 3 is 2.69 bits per heavy atom. The smallest absolute Gasteiger partial charge is 0.252 e. The van der Waals surface area contributed by atoms with Crippen LogP contribution in [0.25, 0.3) is 10.9 Å². The van der Waals surface area contributed by atoms with Crippen molar-refractivity contribution in [2.75, 3.05) is 38.6 Å². The van der Waals surface area contributed by atoms with Crippen LogP contribution in [0.1, 0.15) is 23.2 Å². The van der Waals surface area contributed by atoms with Crippen molar-refractivity contribution in [3.05, 3.63) is 60.2 Å². The van der Waals surface area contributed by atoms with Crippen LogP contribution >= 0.6 is 0 Å². The van der Waals surface area contributed by atoms with E-state index >= 15 is 0 Å². The monoisotopic (exact) mass is 390 g/mol. The molecule has 0 spiro atoms. The number of amides is 1. The molecule has 150 valence electrons. The van der Waals surface area contributed by atoms with Crippen molar-refractivity contribution >= 4 is 28.3 Å². The molecular weight excluding hydrogens is 364 g/mol. The van der Waals surface area contributed by atoms with Gasteiger partial charge < -0.3 is 20.3 Å². The Labute approximate surface area is 170 Å². The third-order valence-electron chi connectivity index (χ3n) is 5.24. The van der Waals surface area contributed by atoms with Gasteiger partial charge in [0.15, 0.2) is 0 Å². The number of carbonyl (C=O) groups excluding carboxylic acids is 1. The molecular formula is C23H26N4O2. The fourth-order valence-electron chi connectivity index (χ4n) is 3.74. The van der Waals surface area contributed by atoms with Gasteiger partial charge in [0.1, 0.15) is 11.6 Å². The molecule has 29 heavy (non-hydrogen) atoms. The molecule has 1 aromatic heterocycles. The predicted octanol–water partition coefficient (Wildman–Crippen LogP) is 3.81.